The SMILES string of the molecule is CCC(=N)/C(=N\S)C(C)(CC)c1ccccc1. The molecule has 2 nitrogen and oxygen atoms in total. The topological polar surface area (TPSA) is 36.2 Å². The lowest BCUT2D eigenvalue weighted by Crippen LogP contribution is -2.36. The highest BCUT2D eigenvalue weighted by Gasteiger charge is 2.32. The Labute approximate surface area is 109 Å². The van der Waals surface area contributed by atoms with Gasteiger partial charge >= 0.3 is 0 Å². The maximum Gasteiger partial charge on any atom is 0.0793 e. The first-order chi connectivity index (χ1) is 8.10. The molecule has 0 bridgehead atoms. The average Bonchev–Trinajstić information content (AvgIpc) is 2.39. The van der Waals surface area contributed by atoms with Crippen molar-refractivity contribution < 1.29 is 0 Å². The van der Waals surface area contributed by atoms with Crippen molar-refractivity contribution in [1.82, 2.24) is 0 Å². The van der Waals surface area contributed by atoms with Crippen LogP contribution in [0.2, 0.25) is 0 Å². The lowest BCUT2D eigenvalue weighted by molar-refractivity contribution is 0.618. The fourth-order valence-corrected chi connectivity index (χ4v) is 2.33. The van der Waals surface area contributed by atoms with E-state index < -0.39 is 0 Å². The lowest BCUT2D eigenvalue weighted by Gasteiger charge is -2.30. The highest BCUT2D eigenvalue weighted by molar-refractivity contribution is 7.79. The first kappa shape index (κ1) is 14.0. The van der Waals surface area contributed by atoms with Gasteiger partial charge in [-0.3, -0.25) is 0 Å². The number of hydrogen-bond donors (Lipinski definition) is 2. The van der Waals surface area contributed by atoms with E-state index in [0.29, 0.717) is 12.1 Å². The Balaban J connectivity index is 3.25. The van der Waals surface area contributed by atoms with Crippen LogP contribution in [0.15, 0.2) is 34.7 Å². The summed E-state index contributed by atoms with van der Waals surface area (Å²) < 4.78 is 4.06. The second-order valence-corrected chi connectivity index (χ2v) is 4.53. The van der Waals surface area contributed by atoms with Crippen LogP contribution in [-0.2, 0) is 5.41 Å². The summed E-state index contributed by atoms with van der Waals surface area (Å²) in [5.41, 5.74) is 2.30. The van der Waals surface area contributed by atoms with E-state index in [0.717, 1.165) is 12.1 Å². The van der Waals surface area contributed by atoms with E-state index in [1.54, 1.807) is 0 Å². The molecule has 1 atom stereocenters. The summed E-state index contributed by atoms with van der Waals surface area (Å²) in [6.45, 7) is 6.22. The molecule has 1 unspecified atom stereocenters. The molecule has 0 saturated heterocycles. The number of hydrogen-bond acceptors (Lipinski definition) is 3. The van der Waals surface area contributed by atoms with E-state index in [4.69, 9.17) is 5.41 Å². The monoisotopic (exact) mass is 248 g/mol. The molecule has 0 aliphatic carbocycles. The zero-order chi connectivity index (χ0) is 12.9. The molecule has 1 rings (SSSR count). The molecule has 1 N–H and O–H groups in total. The van der Waals surface area contributed by atoms with Crippen LogP contribution in [-0.4, -0.2) is 11.4 Å². The fourth-order valence-electron chi connectivity index (χ4n) is 1.99. The zero-order valence-electron chi connectivity index (χ0n) is 10.7. The maximum absolute atomic E-state index is 8.02. The number of rotatable bonds is 5. The van der Waals surface area contributed by atoms with Gasteiger partial charge in [0.15, 0.2) is 0 Å². The molecular weight excluding hydrogens is 228 g/mol. The second kappa shape index (κ2) is 6.01. The molecule has 0 fully saturated rings. The largest absolute Gasteiger partial charge is 0.303 e. The molecule has 0 radical (unpaired) electrons. The Hall–Kier alpha value is -1.09. The Bertz CT molecular complexity index is 411. The lowest BCUT2D eigenvalue weighted by atomic mass is 9.74. The highest BCUT2D eigenvalue weighted by Crippen LogP contribution is 2.30. The van der Waals surface area contributed by atoms with Crippen LogP contribution in [0.1, 0.15) is 39.2 Å². The standard InChI is InChI=1S/C14H20N2S/c1-4-12(15)13(16-17)14(3,5-2)11-9-7-6-8-10-11/h6-10,15,17H,4-5H2,1-3H3/b15-12?,16-13+. The Morgan fingerprint density at radius 2 is 1.88 bits per heavy atom. The van der Waals surface area contributed by atoms with Gasteiger partial charge in [-0.2, -0.15) is 0 Å². The third kappa shape index (κ3) is 2.78. The van der Waals surface area contributed by atoms with E-state index in [2.05, 4.69) is 43.2 Å². The number of nitrogens with zero attached hydrogens (tertiary/aromatic N) is 1. The molecule has 17 heavy (non-hydrogen) atoms. The number of nitrogens with one attached hydrogen (secondary N) is 1. The minimum Gasteiger partial charge on any atom is -0.303 e. The highest BCUT2D eigenvalue weighted by atomic mass is 32.1. The van der Waals surface area contributed by atoms with E-state index in [1.807, 2.05) is 25.1 Å². The Morgan fingerprint density at radius 3 is 2.29 bits per heavy atom. The molecule has 1 aromatic rings. The minimum absolute atomic E-state index is 0.226. The van der Waals surface area contributed by atoms with Gasteiger partial charge in [-0.15, -0.1) is 0 Å². The summed E-state index contributed by atoms with van der Waals surface area (Å²) >= 11 is 4.05. The number of benzene rings is 1. The molecule has 92 valence electrons. The van der Waals surface area contributed by atoms with E-state index in [1.165, 1.54) is 5.56 Å². The van der Waals surface area contributed by atoms with Gasteiger partial charge in [-0.25, -0.2) is 4.40 Å². The average molecular weight is 248 g/mol. The zero-order valence-corrected chi connectivity index (χ0v) is 11.6. The van der Waals surface area contributed by atoms with Crippen LogP contribution in [0.25, 0.3) is 0 Å². The van der Waals surface area contributed by atoms with Gasteiger partial charge in [0.2, 0.25) is 0 Å². The molecule has 0 aromatic heterocycles. The van der Waals surface area contributed by atoms with Gasteiger partial charge in [0.25, 0.3) is 0 Å². The van der Waals surface area contributed by atoms with Gasteiger partial charge in [0, 0.05) is 5.41 Å². The van der Waals surface area contributed by atoms with Crippen molar-refractivity contribution in [1.29, 1.82) is 5.41 Å². The first-order valence-electron chi connectivity index (χ1n) is 5.96. The van der Waals surface area contributed by atoms with Crippen molar-refractivity contribution in [3.05, 3.63) is 35.9 Å². The normalized spacial score (nSPS) is 15.4. The number of thiol groups is 1. The predicted molar refractivity (Wildman–Crippen MR) is 78.5 cm³/mol. The molecule has 0 spiro atoms. The van der Waals surface area contributed by atoms with Crippen LogP contribution < -0.4 is 0 Å². The van der Waals surface area contributed by atoms with Gasteiger partial charge in [0.05, 0.1) is 11.4 Å². The van der Waals surface area contributed by atoms with Gasteiger partial charge in [-0.05, 0) is 38.1 Å². The Kier molecular flexibility index (Phi) is 4.94. The van der Waals surface area contributed by atoms with Crippen molar-refractivity contribution in [3.63, 3.8) is 0 Å². The van der Waals surface area contributed by atoms with Crippen LogP contribution >= 0.6 is 12.8 Å². The molecule has 0 amide bonds. The van der Waals surface area contributed by atoms with Crippen LogP contribution in [0.3, 0.4) is 0 Å². The second-order valence-electron chi connectivity index (χ2n) is 4.33. The van der Waals surface area contributed by atoms with Crippen molar-refractivity contribution in [2.45, 2.75) is 39.0 Å². The summed E-state index contributed by atoms with van der Waals surface area (Å²) in [6, 6.07) is 10.2. The predicted octanol–water partition coefficient (Wildman–Crippen LogP) is 4.07. The fraction of sp³-hybridized carbons (Fsp3) is 0.429. The molecule has 0 aliphatic heterocycles. The van der Waals surface area contributed by atoms with Crippen molar-refractivity contribution >= 4 is 24.2 Å². The third-order valence-electron chi connectivity index (χ3n) is 3.38. The van der Waals surface area contributed by atoms with Gasteiger partial charge < -0.3 is 5.41 Å². The molecule has 0 aliphatic rings. The third-order valence-corrected chi connectivity index (χ3v) is 3.58. The smallest absolute Gasteiger partial charge is 0.0793 e. The molecular formula is C14H20N2S. The first-order valence-corrected chi connectivity index (χ1v) is 6.36. The van der Waals surface area contributed by atoms with E-state index in [-0.39, 0.29) is 5.41 Å². The van der Waals surface area contributed by atoms with E-state index in [9.17, 15) is 0 Å². The van der Waals surface area contributed by atoms with Crippen LogP contribution in [0.5, 0.6) is 0 Å². The van der Waals surface area contributed by atoms with Crippen molar-refractivity contribution in [2.24, 2.45) is 4.40 Å². The summed E-state index contributed by atoms with van der Waals surface area (Å²) in [6.07, 6.45) is 1.58. The summed E-state index contributed by atoms with van der Waals surface area (Å²) in [7, 11) is 0. The van der Waals surface area contributed by atoms with E-state index >= 15 is 0 Å². The van der Waals surface area contributed by atoms with Crippen LogP contribution in [0, 0.1) is 5.41 Å². The summed E-state index contributed by atoms with van der Waals surface area (Å²) in [4.78, 5) is 0. The molecule has 0 saturated carbocycles. The minimum atomic E-state index is -0.226. The van der Waals surface area contributed by atoms with Crippen molar-refractivity contribution in [2.75, 3.05) is 0 Å². The van der Waals surface area contributed by atoms with Gasteiger partial charge in [0.1, 0.15) is 0 Å². The molecule has 3 heteroatoms. The molecule has 0 heterocycles. The van der Waals surface area contributed by atoms with Crippen molar-refractivity contribution in [3.8, 4) is 0 Å². The quantitative estimate of drug-likeness (QED) is 0.582. The van der Waals surface area contributed by atoms with Crippen LogP contribution in [0.4, 0.5) is 0 Å². The van der Waals surface area contributed by atoms with Gasteiger partial charge in [-0.1, -0.05) is 44.2 Å². The summed E-state index contributed by atoms with van der Waals surface area (Å²) in [5.74, 6) is 0. The summed E-state index contributed by atoms with van der Waals surface area (Å²) in [5, 5.41) is 8.02. The maximum atomic E-state index is 8.02. The Morgan fingerprint density at radius 1 is 1.29 bits per heavy atom. The molecule has 1 aromatic carbocycles.